The van der Waals surface area contributed by atoms with Gasteiger partial charge in [0.25, 0.3) is 5.91 Å². The average molecular weight is 320 g/mol. The molecule has 2 unspecified atom stereocenters. The molecule has 0 radical (unpaired) electrons. The first-order chi connectivity index (χ1) is 8.66. The van der Waals surface area contributed by atoms with E-state index in [1.54, 1.807) is 12.3 Å². The van der Waals surface area contributed by atoms with Crippen molar-refractivity contribution in [2.24, 2.45) is 11.7 Å². The molecule has 2 rings (SSSR count). The number of nitrogens with zero attached hydrogens (tertiary/aromatic N) is 1. The van der Waals surface area contributed by atoms with Crippen LogP contribution in [0.5, 0.6) is 0 Å². The lowest BCUT2D eigenvalue weighted by atomic mass is 9.86. The van der Waals surface area contributed by atoms with E-state index < -0.39 is 0 Å². The second-order valence-electron chi connectivity index (χ2n) is 5.14. The van der Waals surface area contributed by atoms with Crippen LogP contribution in [0.4, 0.5) is 0 Å². The molecule has 2 atom stereocenters. The highest BCUT2D eigenvalue weighted by atomic mass is 35.5. The molecule has 0 aliphatic heterocycles. The van der Waals surface area contributed by atoms with Gasteiger partial charge in [0.2, 0.25) is 0 Å². The number of carbonyl (C=O) groups excluding carboxylic acids is 1. The third-order valence-electron chi connectivity index (χ3n) is 3.63. The molecule has 114 valence electrons. The smallest absolute Gasteiger partial charge is 0.253 e. The van der Waals surface area contributed by atoms with Crippen LogP contribution in [-0.4, -0.2) is 23.5 Å². The number of nitrogens with one attached hydrogen (secondary N) is 1. The van der Waals surface area contributed by atoms with Crippen molar-refractivity contribution in [1.82, 2.24) is 10.3 Å². The maximum Gasteiger partial charge on any atom is 0.253 e. The monoisotopic (exact) mass is 319 g/mol. The van der Waals surface area contributed by atoms with Gasteiger partial charge in [-0.2, -0.15) is 0 Å². The lowest BCUT2D eigenvalue weighted by Gasteiger charge is -2.26. The predicted molar refractivity (Wildman–Crippen MR) is 85.7 cm³/mol. The molecule has 1 aromatic rings. The molecule has 20 heavy (non-hydrogen) atoms. The third kappa shape index (κ3) is 5.27. The van der Waals surface area contributed by atoms with E-state index in [2.05, 4.69) is 10.3 Å². The summed E-state index contributed by atoms with van der Waals surface area (Å²) in [5, 5.41) is 3.00. The Morgan fingerprint density at radius 1 is 1.45 bits per heavy atom. The summed E-state index contributed by atoms with van der Waals surface area (Å²) in [6.07, 6.45) is 6.18. The largest absolute Gasteiger partial charge is 0.352 e. The normalized spacial score (nSPS) is 21.3. The van der Waals surface area contributed by atoms with E-state index in [9.17, 15) is 4.79 Å². The van der Waals surface area contributed by atoms with Crippen molar-refractivity contribution in [2.75, 3.05) is 6.54 Å². The third-order valence-corrected chi connectivity index (χ3v) is 3.63. The van der Waals surface area contributed by atoms with Gasteiger partial charge in [-0.3, -0.25) is 9.78 Å². The van der Waals surface area contributed by atoms with Gasteiger partial charge in [0.05, 0.1) is 5.56 Å². The van der Waals surface area contributed by atoms with E-state index >= 15 is 0 Å². The highest BCUT2D eigenvalue weighted by molar-refractivity contribution is 5.95. The zero-order valence-corrected chi connectivity index (χ0v) is 13.3. The highest BCUT2D eigenvalue weighted by Crippen LogP contribution is 2.22. The van der Waals surface area contributed by atoms with Crippen molar-refractivity contribution < 1.29 is 4.79 Å². The van der Waals surface area contributed by atoms with Gasteiger partial charge in [0.15, 0.2) is 0 Å². The Morgan fingerprint density at radius 2 is 2.20 bits per heavy atom. The minimum atomic E-state index is -0.0280. The average Bonchev–Trinajstić information content (AvgIpc) is 2.37. The van der Waals surface area contributed by atoms with Crippen LogP contribution >= 0.6 is 24.8 Å². The van der Waals surface area contributed by atoms with Crippen LogP contribution in [0.15, 0.2) is 18.3 Å². The number of rotatable bonds is 3. The first kappa shape index (κ1) is 19.2. The number of amides is 1. The fraction of sp³-hybridized carbons (Fsp3) is 0.571. The van der Waals surface area contributed by atoms with Gasteiger partial charge >= 0.3 is 0 Å². The molecule has 1 saturated carbocycles. The van der Waals surface area contributed by atoms with Gasteiger partial charge in [-0.25, -0.2) is 0 Å². The molecular weight excluding hydrogens is 297 g/mol. The number of aromatic nitrogens is 1. The van der Waals surface area contributed by atoms with Crippen molar-refractivity contribution in [2.45, 2.75) is 38.6 Å². The van der Waals surface area contributed by atoms with Crippen LogP contribution in [0.25, 0.3) is 0 Å². The maximum atomic E-state index is 12.0. The van der Waals surface area contributed by atoms with Crippen LogP contribution < -0.4 is 11.1 Å². The van der Waals surface area contributed by atoms with Crippen molar-refractivity contribution in [1.29, 1.82) is 0 Å². The SMILES string of the molecule is Cc1ncccc1C(=O)NCC1CCCC(N)C1.Cl.Cl. The number of carbonyl (C=O) groups is 1. The minimum Gasteiger partial charge on any atom is -0.352 e. The number of aryl methyl sites for hydroxylation is 1. The summed E-state index contributed by atoms with van der Waals surface area (Å²) < 4.78 is 0. The number of hydrogen-bond acceptors (Lipinski definition) is 3. The summed E-state index contributed by atoms with van der Waals surface area (Å²) >= 11 is 0. The standard InChI is InChI=1S/C14H21N3O.2ClH/c1-10-13(6-3-7-16-10)14(18)17-9-11-4-2-5-12(15)8-11;;/h3,6-7,11-12H,2,4-5,8-9,15H2,1H3,(H,17,18);2*1H. The first-order valence-corrected chi connectivity index (χ1v) is 6.62. The lowest BCUT2D eigenvalue weighted by molar-refractivity contribution is 0.0941. The minimum absolute atomic E-state index is 0. The van der Waals surface area contributed by atoms with Crippen LogP contribution in [0.2, 0.25) is 0 Å². The van der Waals surface area contributed by atoms with Crippen LogP contribution in [-0.2, 0) is 0 Å². The Labute approximate surface area is 132 Å². The molecule has 1 aromatic heterocycles. The Bertz CT molecular complexity index is 429. The van der Waals surface area contributed by atoms with E-state index in [0.29, 0.717) is 17.5 Å². The summed E-state index contributed by atoms with van der Waals surface area (Å²) in [5.74, 6) is 0.495. The Kier molecular flexibility index (Phi) is 8.78. The van der Waals surface area contributed by atoms with Crippen molar-refractivity contribution in [3.05, 3.63) is 29.6 Å². The molecule has 0 spiro atoms. The molecule has 1 fully saturated rings. The number of hydrogen-bond donors (Lipinski definition) is 2. The summed E-state index contributed by atoms with van der Waals surface area (Å²) in [4.78, 5) is 16.1. The number of pyridine rings is 1. The molecule has 1 aliphatic rings. The Balaban J connectivity index is 0.00000180. The molecule has 1 aliphatic carbocycles. The summed E-state index contributed by atoms with van der Waals surface area (Å²) in [7, 11) is 0. The Hall–Kier alpha value is -0.840. The highest BCUT2D eigenvalue weighted by Gasteiger charge is 2.20. The Morgan fingerprint density at radius 3 is 2.85 bits per heavy atom. The first-order valence-electron chi connectivity index (χ1n) is 6.62. The topological polar surface area (TPSA) is 68.0 Å². The fourth-order valence-corrected chi connectivity index (χ4v) is 2.57. The molecule has 0 bridgehead atoms. The van der Waals surface area contributed by atoms with Gasteiger partial charge in [-0.05, 0) is 44.2 Å². The van der Waals surface area contributed by atoms with Gasteiger partial charge in [-0.15, -0.1) is 24.8 Å². The molecule has 3 N–H and O–H groups in total. The summed E-state index contributed by atoms with van der Waals surface area (Å²) in [6.45, 7) is 2.58. The van der Waals surface area contributed by atoms with Gasteiger partial charge in [0, 0.05) is 24.5 Å². The van der Waals surface area contributed by atoms with Crippen molar-refractivity contribution >= 4 is 30.7 Å². The van der Waals surface area contributed by atoms with Crippen molar-refractivity contribution in [3.63, 3.8) is 0 Å². The van der Waals surface area contributed by atoms with E-state index in [4.69, 9.17) is 5.73 Å². The summed E-state index contributed by atoms with van der Waals surface area (Å²) in [5.41, 5.74) is 7.38. The lowest BCUT2D eigenvalue weighted by Crippen LogP contribution is -2.35. The van der Waals surface area contributed by atoms with Crippen molar-refractivity contribution in [3.8, 4) is 0 Å². The number of halogens is 2. The quantitative estimate of drug-likeness (QED) is 0.899. The van der Waals surface area contributed by atoms with E-state index in [0.717, 1.165) is 25.1 Å². The molecule has 0 saturated heterocycles. The molecule has 1 amide bonds. The van der Waals surface area contributed by atoms with E-state index in [1.807, 2.05) is 13.0 Å². The van der Waals surface area contributed by atoms with E-state index in [1.165, 1.54) is 12.8 Å². The van der Waals surface area contributed by atoms with Crippen LogP contribution in [0, 0.1) is 12.8 Å². The second kappa shape index (κ2) is 9.16. The van der Waals surface area contributed by atoms with Crippen LogP contribution in [0.3, 0.4) is 0 Å². The number of nitrogens with two attached hydrogens (primary N) is 1. The molecular formula is C14H23Cl2N3O. The summed E-state index contributed by atoms with van der Waals surface area (Å²) in [6, 6.07) is 3.91. The van der Waals surface area contributed by atoms with Crippen LogP contribution in [0.1, 0.15) is 41.7 Å². The zero-order chi connectivity index (χ0) is 13.0. The molecule has 1 heterocycles. The van der Waals surface area contributed by atoms with Gasteiger partial charge < -0.3 is 11.1 Å². The van der Waals surface area contributed by atoms with Gasteiger partial charge in [-0.1, -0.05) is 6.42 Å². The molecule has 0 aromatic carbocycles. The zero-order valence-electron chi connectivity index (χ0n) is 11.7. The molecule has 6 heteroatoms. The second-order valence-corrected chi connectivity index (χ2v) is 5.14. The van der Waals surface area contributed by atoms with E-state index in [-0.39, 0.29) is 30.7 Å². The maximum absolute atomic E-state index is 12.0. The predicted octanol–water partition coefficient (Wildman–Crippen LogP) is 2.48. The molecule has 4 nitrogen and oxygen atoms in total. The fourth-order valence-electron chi connectivity index (χ4n) is 2.57. The van der Waals surface area contributed by atoms with Gasteiger partial charge in [0.1, 0.15) is 0 Å².